The van der Waals surface area contributed by atoms with Crippen molar-refractivity contribution in [1.29, 1.82) is 0 Å². The highest BCUT2D eigenvalue weighted by atomic mass is 16.5. The standard InChI is InChI=1S/C9H12N2O2/c1-10-8(12)5-7-3-4-9(13-2)11-6-7/h3-4,6H,5H2,1-2H3,(H,10,12). The van der Waals surface area contributed by atoms with Gasteiger partial charge in [0, 0.05) is 19.3 Å². The van der Waals surface area contributed by atoms with E-state index in [1.54, 1.807) is 26.4 Å². The lowest BCUT2D eigenvalue weighted by Gasteiger charge is -2.01. The first-order valence-electron chi connectivity index (χ1n) is 3.95. The van der Waals surface area contributed by atoms with Crippen molar-refractivity contribution < 1.29 is 9.53 Å². The number of aromatic nitrogens is 1. The van der Waals surface area contributed by atoms with Crippen molar-refractivity contribution in [3.63, 3.8) is 0 Å². The van der Waals surface area contributed by atoms with Crippen LogP contribution in [0.25, 0.3) is 0 Å². The van der Waals surface area contributed by atoms with Crippen molar-refractivity contribution in [3.05, 3.63) is 23.9 Å². The molecule has 0 aliphatic carbocycles. The fraction of sp³-hybridized carbons (Fsp3) is 0.333. The van der Waals surface area contributed by atoms with E-state index in [1.807, 2.05) is 6.07 Å². The van der Waals surface area contributed by atoms with Gasteiger partial charge >= 0.3 is 0 Å². The minimum atomic E-state index is -0.0213. The SMILES string of the molecule is CNC(=O)Cc1ccc(OC)nc1. The minimum Gasteiger partial charge on any atom is -0.481 e. The molecule has 4 heteroatoms. The van der Waals surface area contributed by atoms with Crippen LogP contribution in [0.3, 0.4) is 0 Å². The molecule has 0 bridgehead atoms. The van der Waals surface area contributed by atoms with E-state index in [0.29, 0.717) is 12.3 Å². The van der Waals surface area contributed by atoms with Gasteiger partial charge in [0.05, 0.1) is 13.5 Å². The van der Waals surface area contributed by atoms with Crippen LogP contribution < -0.4 is 10.1 Å². The number of nitrogens with zero attached hydrogens (tertiary/aromatic N) is 1. The van der Waals surface area contributed by atoms with E-state index < -0.39 is 0 Å². The number of rotatable bonds is 3. The number of likely N-dealkylation sites (N-methyl/N-ethyl adjacent to an activating group) is 1. The van der Waals surface area contributed by atoms with Gasteiger partial charge in [-0.3, -0.25) is 4.79 Å². The van der Waals surface area contributed by atoms with Gasteiger partial charge in [0.2, 0.25) is 11.8 Å². The van der Waals surface area contributed by atoms with Crippen LogP contribution in [0.1, 0.15) is 5.56 Å². The predicted octanol–water partition coefficient (Wildman–Crippen LogP) is 0.379. The van der Waals surface area contributed by atoms with Crippen LogP contribution in [0, 0.1) is 0 Å². The molecule has 1 aromatic heterocycles. The number of methoxy groups -OCH3 is 1. The van der Waals surface area contributed by atoms with Gasteiger partial charge in [-0.25, -0.2) is 4.98 Å². The molecule has 0 aliphatic rings. The molecule has 0 aromatic carbocycles. The minimum absolute atomic E-state index is 0.0213. The van der Waals surface area contributed by atoms with Crippen molar-refractivity contribution in [2.24, 2.45) is 0 Å². The fourth-order valence-electron chi connectivity index (χ4n) is 0.910. The second-order valence-electron chi connectivity index (χ2n) is 2.56. The summed E-state index contributed by atoms with van der Waals surface area (Å²) >= 11 is 0. The summed E-state index contributed by atoms with van der Waals surface area (Å²) in [6, 6.07) is 3.55. The van der Waals surface area contributed by atoms with E-state index >= 15 is 0 Å². The van der Waals surface area contributed by atoms with Gasteiger partial charge in [-0.2, -0.15) is 0 Å². The molecule has 0 saturated heterocycles. The zero-order valence-corrected chi connectivity index (χ0v) is 7.70. The molecule has 0 radical (unpaired) electrons. The second kappa shape index (κ2) is 4.45. The van der Waals surface area contributed by atoms with Crippen LogP contribution in [0.4, 0.5) is 0 Å². The van der Waals surface area contributed by atoms with Gasteiger partial charge in [0.15, 0.2) is 0 Å². The Morgan fingerprint density at radius 1 is 1.62 bits per heavy atom. The number of amides is 1. The summed E-state index contributed by atoms with van der Waals surface area (Å²) in [6.07, 6.45) is 1.99. The highest BCUT2D eigenvalue weighted by Crippen LogP contribution is 2.06. The van der Waals surface area contributed by atoms with Crippen LogP contribution >= 0.6 is 0 Å². The summed E-state index contributed by atoms with van der Waals surface area (Å²) in [5, 5.41) is 2.54. The van der Waals surface area contributed by atoms with E-state index in [9.17, 15) is 4.79 Å². The maximum Gasteiger partial charge on any atom is 0.224 e. The monoisotopic (exact) mass is 180 g/mol. The molecule has 1 aromatic rings. The van der Waals surface area contributed by atoms with Crippen molar-refractivity contribution in [3.8, 4) is 5.88 Å². The number of carbonyl (C=O) groups excluding carboxylic acids is 1. The summed E-state index contributed by atoms with van der Waals surface area (Å²) in [7, 11) is 3.17. The molecule has 13 heavy (non-hydrogen) atoms. The average Bonchev–Trinajstić information content (AvgIpc) is 2.19. The Kier molecular flexibility index (Phi) is 3.25. The summed E-state index contributed by atoms with van der Waals surface area (Å²) in [6.45, 7) is 0. The summed E-state index contributed by atoms with van der Waals surface area (Å²) in [5.41, 5.74) is 0.875. The number of carbonyl (C=O) groups is 1. The van der Waals surface area contributed by atoms with Crippen molar-refractivity contribution >= 4 is 5.91 Å². The van der Waals surface area contributed by atoms with Crippen LogP contribution in [-0.2, 0) is 11.2 Å². The lowest BCUT2D eigenvalue weighted by atomic mass is 10.2. The van der Waals surface area contributed by atoms with Gasteiger partial charge in [-0.1, -0.05) is 6.07 Å². The molecule has 70 valence electrons. The Morgan fingerprint density at radius 3 is 2.85 bits per heavy atom. The zero-order valence-electron chi connectivity index (χ0n) is 7.70. The molecule has 1 N–H and O–H groups in total. The first kappa shape index (κ1) is 9.51. The Morgan fingerprint density at radius 2 is 2.38 bits per heavy atom. The van der Waals surface area contributed by atoms with Gasteiger partial charge in [0.25, 0.3) is 0 Å². The third-order valence-electron chi connectivity index (χ3n) is 1.65. The normalized spacial score (nSPS) is 9.38. The van der Waals surface area contributed by atoms with Crippen molar-refractivity contribution in [2.45, 2.75) is 6.42 Å². The Bertz CT molecular complexity index is 282. The van der Waals surface area contributed by atoms with Crippen LogP contribution in [0.5, 0.6) is 5.88 Å². The fourth-order valence-corrected chi connectivity index (χ4v) is 0.910. The lowest BCUT2D eigenvalue weighted by Crippen LogP contribution is -2.19. The van der Waals surface area contributed by atoms with Crippen molar-refractivity contribution in [2.75, 3.05) is 14.2 Å². The molecular formula is C9H12N2O2. The number of ether oxygens (including phenoxy) is 1. The Hall–Kier alpha value is -1.58. The summed E-state index contributed by atoms with van der Waals surface area (Å²) in [5.74, 6) is 0.535. The summed E-state index contributed by atoms with van der Waals surface area (Å²) < 4.78 is 4.89. The molecule has 0 atom stereocenters. The molecule has 0 fully saturated rings. The van der Waals surface area contributed by atoms with Gasteiger partial charge in [0.1, 0.15) is 0 Å². The van der Waals surface area contributed by atoms with E-state index in [1.165, 1.54) is 0 Å². The third kappa shape index (κ3) is 2.74. The van der Waals surface area contributed by atoms with E-state index in [-0.39, 0.29) is 5.91 Å². The molecule has 1 rings (SSSR count). The third-order valence-corrected chi connectivity index (χ3v) is 1.65. The molecular weight excluding hydrogens is 168 g/mol. The predicted molar refractivity (Wildman–Crippen MR) is 48.6 cm³/mol. The topological polar surface area (TPSA) is 51.2 Å². The highest BCUT2D eigenvalue weighted by molar-refractivity contribution is 5.78. The number of hydrogen-bond acceptors (Lipinski definition) is 3. The second-order valence-corrected chi connectivity index (χ2v) is 2.56. The number of hydrogen-bond donors (Lipinski definition) is 1. The molecule has 1 heterocycles. The Labute approximate surface area is 76.9 Å². The average molecular weight is 180 g/mol. The van der Waals surface area contributed by atoms with Crippen LogP contribution in [0.15, 0.2) is 18.3 Å². The largest absolute Gasteiger partial charge is 0.481 e. The van der Waals surface area contributed by atoms with Gasteiger partial charge in [-0.05, 0) is 5.56 Å². The molecule has 0 unspecified atom stereocenters. The number of nitrogens with one attached hydrogen (secondary N) is 1. The van der Waals surface area contributed by atoms with Gasteiger partial charge < -0.3 is 10.1 Å². The Balaban J connectivity index is 2.64. The zero-order chi connectivity index (χ0) is 9.68. The maximum absolute atomic E-state index is 11.0. The van der Waals surface area contributed by atoms with Crippen LogP contribution in [-0.4, -0.2) is 25.0 Å². The van der Waals surface area contributed by atoms with E-state index in [2.05, 4.69) is 10.3 Å². The summed E-state index contributed by atoms with van der Waals surface area (Å²) in [4.78, 5) is 14.9. The van der Waals surface area contributed by atoms with E-state index in [0.717, 1.165) is 5.56 Å². The quantitative estimate of drug-likeness (QED) is 0.731. The highest BCUT2D eigenvalue weighted by Gasteiger charge is 2.00. The first-order chi connectivity index (χ1) is 6.26. The van der Waals surface area contributed by atoms with Gasteiger partial charge in [-0.15, -0.1) is 0 Å². The lowest BCUT2D eigenvalue weighted by molar-refractivity contribution is -0.119. The molecule has 4 nitrogen and oxygen atoms in total. The number of pyridine rings is 1. The van der Waals surface area contributed by atoms with Crippen molar-refractivity contribution in [1.82, 2.24) is 10.3 Å². The first-order valence-corrected chi connectivity index (χ1v) is 3.95. The molecule has 0 aliphatic heterocycles. The van der Waals surface area contributed by atoms with Crippen LogP contribution in [0.2, 0.25) is 0 Å². The molecule has 0 spiro atoms. The smallest absolute Gasteiger partial charge is 0.224 e. The molecule has 0 saturated carbocycles. The van der Waals surface area contributed by atoms with E-state index in [4.69, 9.17) is 4.74 Å². The maximum atomic E-state index is 11.0. The molecule has 1 amide bonds.